The van der Waals surface area contributed by atoms with Crippen molar-refractivity contribution in [2.24, 2.45) is 0 Å². The molecule has 0 amide bonds. The van der Waals surface area contributed by atoms with E-state index in [1.807, 2.05) is 25.1 Å². The third kappa shape index (κ3) is 4.67. The molecule has 2 heterocycles. The molecule has 1 saturated heterocycles. The Hall–Kier alpha value is -3.63. The second-order valence-electron chi connectivity index (χ2n) is 7.49. The van der Waals surface area contributed by atoms with Crippen molar-refractivity contribution in [3.8, 4) is 6.07 Å². The summed E-state index contributed by atoms with van der Waals surface area (Å²) < 4.78 is 0. The van der Waals surface area contributed by atoms with Gasteiger partial charge in [0.05, 0.1) is 11.6 Å². The molecule has 1 aliphatic rings. The smallest absolute Gasteiger partial charge is 0.229 e. The lowest BCUT2D eigenvalue weighted by Gasteiger charge is -2.34. The zero-order valence-corrected chi connectivity index (χ0v) is 17.3. The Labute approximate surface area is 177 Å². The van der Waals surface area contributed by atoms with Crippen LogP contribution >= 0.6 is 0 Å². The Balaban J connectivity index is 1.42. The third-order valence-electron chi connectivity index (χ3n) is 5.28. The fourth-order valence-corrected chi connectivity index (χ4v) is 3.41. The van der Waals surface area contributed by atoms with Crippen LogP contribution in [0.1, 0.15) is 11.1 Å². The number of likely N-dealkylation sites (N-methyl/N-ethyl adjacent to an activating group) is 1. The van der Waals surface area contributed by atoms with Gasteiger partial charge in [-0.05, 0) is 62.0 Å². The van der Waals surface area contributed by atoms with Crippen molar-refractivity contribution in [3.63, 3.8) is 0 Å². The first-order chi connectivity index (χ1) is 14.6. The molecule has 152 valence electrons. The predicted molar refractivity (Wildman–Crippen MR) is 121 cm³/mol. The van der Waals surface area contributed by atoms with E-state index in [1.165, 1.54) is 5.69 Å². The van der Waals surface area contributed by atoms with Crippen LogP contribution in [0.2, 0.25) is 0 Å². The molecule has 3 aromatic rings. The Kier molecular flexibility index (Phi) is 5.77. The van der Waals surface area contributed by atoms with E-state index in [9.17, 15) is 5.26 Å². The fraction of sp³-hybridized carbons (Fsp3) is 0.261. The normalized spacial score (nSPS) is 14.2. The number of aromatic nitrogens is 2. The first-order valence-corrected chi connectivity index (χ1v) is 10.0. The average molecular weight is 400 g/mol. The Morgan fingerprint density at radius 3 is 2.40 bits per heavy atom. The van der Waals surface area contributed by atoms with Gasteiger partial charge in [0, 0.05) is 49.4 Å². The zero-order valence-electron chi connectivity index (χ0n) is 17.3. The number of anilines is 5. The minimum absolute atomic E-state index is 0.514. The first-order valence-electron chi connectivity index (χ1n) is 10.0. The van der Waals surface area contributed by atoms with Crippen LogP contribution in [0.15, 0.2) is 54.7 Å². The monoisotopic (exact) mass is 399 g/mol. The number of nitrogens with zero attached hydrogens (tertiary/aromatic N) is 5. The van der Waals surface area contributed by atoms with E-state index < -0.39 is 0 Å². The SMILES string of the molecule is Cc1ccc(Nc2ccnc(Nc3ccc(N4CCN(C)CC4)cc3)n2)cc1C#N. The number of piperazine rings is 1. The minimum Gasteiger partial charge on any atom is -0.369 e. The predicted octanol–water partition coefficient (Wildman–Crippen LogP) is 3.90. The molecule has 4 rings (SSSR count). The van der Waals surface area contributed by atoms with Crippen molar-refractivity contribution in [1.29, 1.82) is 5.26 Å². The van der Waals surface area contributed by atoms with Gasteiger partial charge in [0.1, 0.15) is 5.82 Å². The summed E-state index contributed by atoms with van der Waals surface area (Å²) in [6.45, 7) is 6.19. The van der Waals surface area contributed by atoms with Gasteiger partial charge in [0.2, 0.25) is 5.95 Å². The molecule has 0 bridgehead atoms. The average Bonchev–Trinajstić information content (AvgIpc) is 2.76. The van der Waals surface area contributed by atoms with Gasteiger partial charge in [-0.25, -0.2) is 4.98 Å². The van der Waals surface area contributed by atoms with E-state index in [-0.39, 0.29) is 0 Å². The van der Waals surface area contributed by atoms with Crippen LogP contribution in [0.4, 0.5) is 28.8 Å². The molecule has 1 aliphatic heterocycles. The van der Waals surface area contributed by atoms with E-state index in [2.05, 4.69) is 67.8 Å². The van der Waals surface area contributed by atoms with Crippen molar-refractivity contribution in [2.75, 3.05) is 48.8 Å². The van der Waals surface area contributed by atoms with Crippen molar-refractivity contribution in [1.82, 2.24) is 14.9 Å². The maximum atomic E-state index is 9.21. The molecule has 7 nitrogen and oxygen atoms in total. The highest BCUT2D eigenvalue weighted by Gasteiger charge is 2.14. The summed E-state index contributed by atoms with van der Waals surface area (Å²) in [5.41, 5.74) is 4.59. The highest BCUT2D eigenvalue weighted by Crippen LogP contribution is 2.22. The summed E-state index contributed by atoms with van der Waals surface area (Å²) in [6, 6.07) is 18.0. The van der Waals surface area contributed by atoms with Gasteiger partial charge >= 0.3 is 0 Å². The zero-order chi connectivity index (χ0) is 20.9. The largest absolute Gasteiger partial charge is 0.369 e. The van der Waals surface area contributed by atoms with Gasteiger partial charge in [0.25, 0.3) is 0 Å². The highest BCUT2D eigenvalue weighted by molar-refractivity contribution is 5.63. The summed E-state index contributed by atoms with van der Waals surface area (Å²) in [5, 5.41) is 15.7. The molecule has 0 saturated carbocycles. The maximum Gasteiger partial charge on any atom is 0.229 e. The number of hydrogen-bond donors (Lipinski definition) is 2. The van der Waals surface area contributed by atoms with Crippen molar-refractivity contribution < 1.29 is 0 Å². The molecule has 0 radical (unpaired) electrons. The molecule has 0 spiro atoms. The van der Waals surface area contributed by atoms with Crippen LogP contribution in [0, 0.1) is 18.3 Å². The first kappa shape index (κ1) is 19.7. The number of benzene rings is 2. The number of hydrogen-bond acceptors (Lipinski definition) is 7. The van der Waals surface area contributed by atoms with Crippen LogP contribution in [0.5, 0.6) is 0 Å². The van der Waals surface area contributed by atoms with Gasteiger partial charge in [-0.15, -0.1) is 0 Å². The lowest BCUT2D eigenvalue weighted by Crippen LogP contribution is -2.44. The molecule has 2 aromatic carbocycles. The summed E-state index contributed by atoms with van der Waals surface area (Å²) in [4.78, 5) is 13.6. The molecular formula is C23H25N7. The van der Waals surface area contributed by atoms with Crippen LogP contribution in [0.25, 0.3) is 0 Å². The van der Waals surface area contributed by atoms with Crippen LogP contribution in [-0.2, 0) is 0 Å². The van der Waals surface area contributed by atoms with E-state index in [0.717, 1.165) is 43.1 Å². The van der Waals surface area contributed by atoms with Gasteiger partial charge in [-0.3, -0.25) is 0 Å². The summed E-state index contributed by atoms with van der Waals surface area (Å²) in [7, 11) is 2.16. The number of rotatable bonds is 5. The van der Waals surface area contributed by atoms with Gasteiger partial charge in [0.15, 0.2) is 0 Å². The maximum absolute atomic E-state index is 9.21. The highest BCUT2D eigenvalue weighted by atomic mass is 15.2. The van der Waals surface area contributed by atoms with E-state index in [4.69, 9.17) is 0 Å². The Morgan fingerprint density at radius 2 is 1.67 bits per heavy atom. The number of nitriles is 1. The van der Waals surface area contributed by atoms with Gasteiger partial charge in [-0.1, -0.05) is 6.07 Å². The van der Waals surface area contributed by atoms with Gasteiger partial charge < -0.3 is 20.4 Å². The lowest BCUT2D eigenvalue weighted by molar-refractivity contribution is 0.313. The molecular weight excluding hydrogens is 374 g/mol. The molecule has 2 N–H and O–H groups in total. The topological polar surface area (TPSA) is 80.1 Å². The van der Waals surface area contributed by atoms with Crippen molar-refractivity contribution in [2.45, 2.75) is 6.92 Å². The summed E-state index contributed by atoms with van der Waals surface area (Å²) in [5.74, 6) is 1.18. The summed E-state index contributed by atoms with van der Waals surface area (Å²) in [6.07, 6.45) is 1.70. The van der Waals surface area contributed by atoms with Crippen molar-refractivity contribution >= 4 is 28.8 Å². The van der Waals surface area contributed by atoms with E-state index in [0.29, 0.717) is 17.3 Å². The van der Waals surface area contributed by atoms with E-state index in [1.54, 1.807) is 12.3 Å². The molecule has 1 fully saturated rings. The Bertz CT molecular complexity index is 1050. The minimum atomic E-state index is 0.514. The van der Waals surface area contributed by atoms with Crippen molar-refractivity contribution in [3.05, 3.63) is 65.9 Å². The molecule has 0 unspecified atom stereocenters. The second kappa shape index (κ2) is 8.80. The molecule has 1 aromatic heterocycles. The standard InChI is InChI=1S/C23H25N7/c1-17-3-4-20(15-18(17)16-24)26-22-9-10-25-23(28-22)27-19-5-7-21(8-6-19)30-13-11-29(2)12-14-30/h3-10,15H,11-14H2,1-2H3,(H2,25,26,27,28). The molecule has 0 aliphatic carbocycles. The number of nitrogens with one attached hydrogen (secondary N) is 2. The quantitative estimate of drug-likeness (QED) is 0.673. The third-order valence-corrected chi connectivity index (χ3v) is 5.28. The van der Waals surface area contributed by atoms with Crippen LogP contribution in [-0.4, -0.2) is 48.1 Å². The van der Waals surface area contributed by atoms with E-state index >= 15 is 0 Å². The Morgan fingerprint density at radius 1 is 0.933 bits per heavy atom. The second-order valence-corrected chi connectivity index (χ2v) is 7.49. The fourth-order valence-electron chi connectivity index (χ4n) is 3.41. The van der Waals surface area contributed by atoms with Crippen LogP contribution in [0.3, 0.4) is 0 Å². The molecule has 30 heavy (non-hydrogen) atoms. The summed E-state index contributed by atoms with van der Waals surface area (Å²) >= 11 is 0. The van der Waals surface area contributed by atoms with Crippen LogP contribution < -0.4 is 15.5 Å². The molecule has 0 atom stereocenters. The molecule has 7 heteroatoms. The van der Waals surface area contributed by atoms with Gasteiger partial charge in [-0.2, -0.15) is 10.2 Å². The number of aryl methyl sites for hydroxylation is 1. The lowest BCUT2D eigenvalue weighted by atomic mass is 10.1.